The van der Waals surface area contributed by atoms with Gasteiger partial charge in [-0.1, -0.05) is 19.1 Å². The Morgan fingerprint density at radius 1 is 1.47 bits per heavy atom. The summed E-state index contributed by atoms with van der Waals surface area (Å²) in [7, 11) is 0. The summed E-state index contributed by atoms with van der Waals surface area (Å²) < 4.78 is 0. The fourth-order valence-corrected chi connectivity index (χ4v) is 1.93. The lowest BCUT2D eigenvalue weighted by molar-refractivity contribution is 0.00845. The van der Waals surface area contributed by atoms with Gasteiger partial charge >= 0.3 is 0 Å². The van der Waals surface area contributed by atoms with Crippen molar-refractivity contribution in [3.05, 3.63) is 29.8 Å². The van der Waals surface area contributed by atoms with Crippen LogP contribution in [-0.2, 0) is 0 Å². The first-order chi connectivity index (χ1) is 7.18. The normalized spacial score (nSPS) is 18.4. The Kier molecular flexibility index (Phi) is 2.49. The van der Waals surface area contributed by atoms with Crippen molar-refractivity contribution in [2.45, 2.75) is 18.9 Å². The van der Waals surface area contributed by atoms with E-state index in [1.165, 1.54) is 0 Å². The zero-order valence-electron chi connectivity index (χ0n) is 8.81. The van der Waals surface area contributed by atoms with Gasteiger partial charge in [-0.05, 0) is 18.6 Å². The number of hydrogen-bond donors (Lipinski definition) is 1. The lowest BCUT2D eigenvalue weighted by Gasteiger charge is -2.47. The molecule has 2 rings (SSSR count). The molecule has 1 N–H and O–H groups in total. The van der Waals surface area contributed by atoms with Gasteiger partial charge in [-0.2, -0.15) is 0 Å². The van der Waals surface area contributed by atoms with Crippen molar-refractivity contribution in [2.75, 3.05) is 18.0 Å². The molecule has 1 saturated heterocycles. The third kappa shape index (κ3) is 1.75. The van der Waals surface area contributed by atoms with Crippen LogP contribution >= 0.6 is 0 Å². The highest BCUT2D eigenvalue weighted by Crippen LogP contribution is 2.31. The molecule has 0 aromatic heterocycles. The van der Waals surface area contributed by atoms with Crippen LogP contribution in [0.3, 0.4) is 0 Å². The molecule has 3 heteroatoms. The molecule has 1 aromatic rings. The summed E-state index contributed by atoms with van der Waals surface area (Å²) in [6, 6.07) is 7.47. The highest BCUT2D eigenvalue weighted by molar-refractivity contribution is 5.85. The third-order valence-corrected chi connectivity index (χ3v) is 3.03. The third-order valence-electron chi connectivity index (χ3n) is 3.03. The Morgan fingerprint density at radius 2 is 2.13 bits per heavy atom. The van der Waals surface area contributed by atoms with Crippen LogP contribution in [0, 0.1) is 0 Å². The van der Waals surface area contributed by atoms with E-state index in [0.29, 0.717) is 18.7 Å². The maximum absolute atomic E-state index is 10.8. The van der Waals surface area contributed by atoms with Gasteiger partial charge in [-0.15, -0.1) is 0 Å². The van der Waals surface area contributed by atoms with Crippen molar-refractivity contribution in [3.63, 3.8) is 0 Å². The zero-order valence-corrected chi connectivity index (χ0v) is 8.81. The summed E-state index contributed by atoms with van der Waals surface area (Å²) in [5.74, 6) is 0. The Labute approximate surface area is 89.3 Å². The molecule has 1 fully saturated rings. The molecule has 0 amide bonds. The number of anilines is 1. The number of nitrogens with zero attached hydrogens (tertiary/aromatic N) is 1. The van der Waals surface area contributed by atoms with E-state index in [1.807, 2.05) is 30.0 Å². The lowest BCUT2D eigenvalue weighted by Crippen LogP contribution is -2.61. The minimum absolute atomic E-state index is 0.560. The highest BCUT2D eigenvalue weighted by Gasteiger charge is 2.39. The molecule has 0 bridgehead atoms. The summed E-state index contributed by atoms with van der Waals surface area (Å²) in [5, 5.41) is 9.88. The molecule has 15 heavy (non-hydrogen) atoms. The Bertz CT molecular complexity index is 370. The molecule has 0 unspecified atom stereocenters. The lowest BCUT2D eigenvalue weighted by atomic mass is 9.90. The minimum atomic E-state index is -0.560. The van der Waals surface area contributed by atoms with E-state index >= 15 is 0 Å². The van der Waals surface area contributed by atoms with Crippen molar-refractivity contribution < 1.29 is 9.90 Å². The van der Waals surface area contributed by atoms with Gasteiger partial charge in [0.25, 0.3) is 0 Å². The fraction of sp³-hybridized carbons (Fsp3) is 0.417. The number of rotatable bonds is 3. The van der Waals surface area contributed by atoms with Crippen LogP contribution in [0.5, 0.6) is 0 Å². The van der Waals surface area contributed by atoms with Crippen molar-refractivity contribution in [3.8, 4) is 0 Å². The van der Waals surface area contributed by atoms with Gasteiger partial charge in [0.15, 0.2) is 6.29 Å². The average Bonchev–Trinajstić information content (AvgIpc) is 2.25. The van der Waals surface area contributed by atoms with E-state index in [1.54, 1.807) is 6.07 Å². The van der Waals surface area contributed by atoms with Crippen LogP contribution < -0.4 is 4.90 Å². The molecule has 0 saturated carbocycles. The zero-order chi connectivity index (χ0) is 10.9. The largest absolute Gasteiger partial charge is 0.386 e. The summed E-state index contributed by atoms with van der Waals surface area (Å²) in [5.41, 5.74) is 1.05. The number of carbonyl (C=O) groups is 1. The molecule has 1 aromatic carbocycles. The number of aliphatic hydroxyl groups is 1. The van der Waals surface area contributed by atoms with Crippen molar-refractivity contribution in [1.29, 1.82) is 0 Å². The summed E-state index contributed by atoms with van der Waals surface area (Å²) in [6.07, 6.45) is 1.62. The van der Waals surface area contributed by atoms with Gasteiger partial charge < -0.3 is 10.0 Å². The summed E-state index contributed by atoms with van der Waals surface area (Å²) in [4.78, 5) is 12.8. The molecule has 1 aliphatic heterocycles. The van der Waals surface area contributed by atoms with E-state index < -0.39 is 5.60 Å². The van der Waals surface area contributed by atoms with Crippen LogP contribution in [0.1, 0.15) is 23.7 Å². The first kappa shape index (κ1) is 10.2. The SMILES string of the molecule is CCC1(O)CN(c2ccccc2C=O)C1. The second kappa shape index (κ2) is 3.66. The van der Waals surface area contributed by atoms with E-state index in [4.69, 9.17) is 0 Å². The van der Waals surface area contributed by atoms with E-state index in [9.17, 15) is 9.90 Å². The number of carbonyl (C=O) groups excluding carboxylic acids is 1. The number of β-amino-alcohol motifs (C(OH)–C–C–N with tert-alkyl or cyclic N) is 1. The minimum Gasteiger partial charge on any atom is -0.386 e. The molecule has 0 aliphatic carbocycles. The van der Waals surface area contributed by atoms with Crippen LogP contribution in [-0.4, -0.2) is 30.1 Å². The molecular formula is C12H15NO2. The first-order valence-electron chi connectivity index (χ1n) is 5.20. The van der Waals surface area contributed by atoms with E-state index in [0.717, 1.165) is 18.4 Å². The van der Waals surface area contributed by atoms with Gasteiger partial charge in [0.2, 0.25) is 0 Å². The van der Waals surface area contributed by atoms with Gasteiger partial charge in [-0.3, -0.25) is 4.79 Å². The monoisotopic (exact) mass is 205 g/mol. The predicted octanol–water partition coefficient (Wildman–Crippen LogP) is 1.46. The molecule has 80 valence electrons. The first-order valence-corrected chi connectivity index (χ1v) is 5.20. The smallest absolute Gasteiger partial charge is 0.152 e. The quantitative estimate of drug-likeness (QED) is 0.759. The van der Waals surface area contributed by atoms with Gasteiger partial charge in [0, 0.05) is 24.3 Å². The Hall–Kier alpha value is -1.35. The molecule has 0 radical (unpaired) electrons. The summed E-state index contributed by atoms with van der Waals surface area (Å²) >= 11 is 0. The highest BCUT2D eigenvalue weighted by atomic mass is 16.3. The molecule has 1 aliphatic rings. The number of para-hydroxylation sites is 1. The Balaban J connectivity index is 2.16. The van der Waals surface area contributed by atoms with Crippen LogP contribution in [0.25, 0.3) is 0 Å². The second-order valence-corrected chi connectivity index (χ2v) is 4.11. The molecular weight excluding hydrogens is 190 g/mol. The Morgan fingerprint density at radius 3 is 2.73 bits per heavy atom. The van der Waals surface area contributed by atoms with E-state index in [-0.39, 0.29) is 0 Å². The van der Waals surface area contributed by atoms with Crippen LogP contribution in [0.15, 0.2) is 24.3 Å². The van der Waals surface area contributed by atoms with Crippen molar-refractivity contribution in [2.24, 2.45) is 0 Å². The molecule has 1 heterocycles. The number of hydrogen-bond acceptors (Lipinski definition) is 3. The van der Waals surface area contributed by atoms with Crippen LogP contribution in [0.2, 0.25) is 0 Å². The number of aldehydes is 1. The van der Waals surface area contributed by atoms with E-state index in [2.05, 4.69) is 0 Å². The van der Waals surface area contributed by atoms with Gasteiger partial charge in [-0.25, -0.2) is 0 Å². The van der Waals surface area contributed by atoms with Crippen LogP contribution in [0.4, 0.5) is 5.69 Å². The molecule has 0 atom stereocenters. The van der Waals surface area contributed by atoms with Crippen molar-refractivity contribution in [1.82, 2.24) is 0 Å². The van der Waals surface area contributed by atoms with Gasteiger partial charge in [0.05, 0.1) is 5.60 Å². The summed E-state index contributed by atoms with van der Waals surface area (Å²) in [6.45, 7) is 3.21. The van der Waals surface area contributed by atoms with Crippen molar-refractivity contribution >= 4 is 12.0 Å². The predicted molar refractivity (Wildman–Crippen MR) is 59.3 cm³/mol. The number of benzene rings is 1. The van der Waals surface area contributed by atoms with Gasteiger partial charge in [0.1, 0.15) is 0 Å². The maximum Gasteiger partial charge on any atom is 0.152 e. The topological polar surface area (TPSA) is 40.5 Å². The standard InChI is InChI=1S/C12H15NO2/c1-2-12(15)8-13(9-12)11-6-4-3-5-10(11)7-14/h3-7,15H,2,8-9H2,1H3. The maximum atomic E-state index is 10.8. The second-order valence-electron chi connectivity index (χ2n) is 4.11. The molecule has 0 spiro atoms. The average molecular weight is 205 g/mol. The fourth-order valence-electron chi connectivity index (χ4n) is 1.93. The molecule has 3 nitrogen and oxygen atoms in total.